The number of ether oxygens (including phenoxy) is 2. The van der Waals surface area contributed by atoms with Crippen LogP contribution >= 0.6 is 11.8 Å². The van der Waals surface area contributed by atoms with Crippen molar-refractivity contribution < 1.29 is 18.7 Å². The largest absolute Gasteiger partial charge is 0.497 e. The van der Waals surface area contributed by atoms with Gasteiger partial charge in [0, 0.05) is 17.3 Å². The molecule has 9 heteroatoms. The van der Waals surface area contributed by atoms with Crippen molar-refractivity contribution in [1.82, 2.24) is 10.2 Å². The van der Waals surface area contributed by atoms with Crippen LogP contribution in [0.3, 0.4) is 0 Å². The van der Waals surface area contributed by atoms with E-state index in [1.165, 1.54) is 0 Å². The Bertz CT molecular complexity index is 1040. The minimum Gasteiger partial charge on any atom is -0.497 e. The van der Waals surface area contributed by atoms with Crippen molar-refractivity contribution in [3.8, 4) is 29.0 Å². The summed E-state index contributed by atoms with van der Waals surface area (Å²) < 4.78 is 16.2. The van der Waals surface area contributed by atoms with Gasteiger partial charge in [0.2, 0.25) is 11.8 Å². The number of anilines is 1. The third-order valence-corrected chi connectivity index (χ3v) is 4.85. The van der Waals surface area contributed by atoms with E-state index in [1.807, 2.05) is 6.07 Å². The van der Waals surface area contributed by atoms with E-state index in [1.54, 1.807) is 63.6 Å². The van der Waals surface area contributed by atoms with Crippen LogP contribution in [0.2, 0.25) is 0 Å². The maximum Gasteiger partial charge on any atom is 0.277 e. The molecule has 3 aromatic rings. The molecular formula is C20H18N4O4S. The zero-order valence-corrected chi connectivity index (χ0v) is 16.8. The molecule has 3 rings (SSSR count). The minimum absolute atomic E-state index is 0.243. The molecule has 1 aromatic heterocycles. The molecule has 1 amide bonds. The van der Waals surface area contributed by atoms with Crippen molar-refractivity contribution in [3.05, 3.63) is 48.0 Å². The molecule has 0 unspecified atom stereocenters. The highest BCUT2D eigenvalue weighted by molar-refractivity contribution is 8.00. The average Bonchev–Trinajstić information content (AvgIpc) is 3.21. The average molecular weight is 410 g/mol. The summed E-state index contributed by atoms with van der Waals surface area (Å²) >= 11 is 1.14. The Balaban J connectivity index is 1.69. The van der Waals surface area contributed by atoms with Gasteiger partial charge in [0.25, 0.3) is 5.22 Å². The highest BCUT2D eigenvalue weighted by atomic mass is 32.2. The molecule has 1 heterocycles. The summed E-state index contributed by atoms with van der Waals surface area (Å²) in [5.41, 5.74) is 1.67. The molecule has 0 aliphatic rings. The number of nitrogens with one attached hydrogen (secondary N) is 1. The van der Waals surface area contributed by atoms with E-state index in [9.17, 15) is 4.79 Å². The Kier molecular flexibility index (Phi) is 6.36. The lowest BCUT2D eigenvalue weighted by Crippen LogP contribution is -2.22. The van der Waals surface area contributed by atoms with Gasteiger partial charge in [0.05, 0.1) is 31.1 Å². The van der Waals surface area contributed by atoms with E-state index in [0.29, 0.717) is 34.2 Å². The van der Waals surface area contributed by atoms with Crippen molar-refractivity contribution in [1.29, 1.82) is 5.26 Å². The molecular weight excluding hydrogens is 392 g/mol. The zero-order chi connectivity index (χ0) is 20.8. The number of nitriles is 1. The summed E-state index contributed by atoms with van der Waals surface area (Å²) in [7, 11) is 3.11. The molecule has 1 N–H and O–H groups in total. The van der Waals surface area contributed by atoms with Gasteiger partial charge in [0.15, 0.2) is 0 Å². The number of nitrogens with zero attached hydrogens (tertiary/aromatic N) is 3. The fraction of sp³-hybridized carbons (Fsp3) is 0.200. The monoisotopic (exact) mass is 410 g/mol. The number of hydrogen-bond donors (Lipinski definition) is 1. The maximum absolute atomic E-state index is 12.4. The number of thioether (sulfide) groups is 1. The first kappa shape index (κ1) is 20.2. The van der Waals surface area contributed by atoms with Crippen molar-refractivity contribution >= 4 is 23.4 Å². The molecule has 0 aliphatic carbocycles. The first-order valence-electron chi connectivity index (χ1n) is 8.57. The minimum atomic E-state index is -0.492. The number of carbonyl (C=O) groups excluding carboxylic acids is 1. The van der Waals surface area contributed by atoms with Crippen molar-refractivity contribution in [2.45, 2.75) is 17.4 Å². The summed E-state index contributed by atoms with van der Waals surface area (Å²) in [5, 5.41) is 19.5. The molecule has 2 aromatic carbocycles. The van der Waals surface area contributed by atoms with Gasteiger partial charge < -0.3 is 19.2 Å². The van der Waals surface area contributed by atoms with Crippen LogP contribution in [0.25, 0.3) is 11.5 Å². The van der Waals surface area contributed by atoms with Crippen LogP contribution in [0.4, 0.5) is 5.69 Å². The lowest BCUT2D eigenvalue weighted by Gasteiger charge is -2.10. The molecule has 8 nitrogen and oxygen atoms in total. The molecule has 0 spiro atoms. The van der Waals surface area contributed by atoms with Gasteiger partial charge in [-0.2, -0.15) is 5.26 Å². The molecule has 0 aliphatic heterocycles. The molecule has 0 saturated carbocycles. The molecule has 29 heavy (non-hydrogen) atoms. The molecule has 0 fully saturated rings. The predicted octanol–water partition coefficient (Wildman–Crippen LogP) is 3.74. The maximum atomic E-state index is 12.4. The number of amides is 1. The van der Waals surface area contributed by atoms with E-state index in [2.05, 4.69) is 15.5 Å². The van der Waals surface area contributed by atoms with Crippen molar-refractivity contribution in [2.75, 3.05) is 19.5 Å². The second-order valence-electron chi connectivity index (χ2n) is 5.92. The van der Waals surface area contributed by atoms with Crippen LogP contribution in [-0.4, -0.2) is 35.6 Å². The molecule has 0 bridgehead atoms. The number of methoxy groups -OCH3 is 2. The Morgan fingerprint density at radius 3 is 2.55 bits per heavy atom. The molecule has 148 valence electrons. The van der Waals surface area contributed by atoms with Gasteiger partial charge in [-0.25, -0.2) is 0 Å². The molecule has 1 atom stereocenters. The fourth-order valence-corrected chi connectivity index (χ4v) is 3.10. The zero-order valence-electron chi connectivity index (χ0n) is 16.0. The SMILES string of the molecule is COc1cc(OC)cc(-c2nnc(S[C@@H](C)C(=O)Nc3cccc(C#N)c3)o2)c1. The van der Waals surface area contributed by atoms with Gasteiger partial charge >= 0.3 is 0 Å². The van der Waals surface area contributed by atoms with E-state index < -0.39 is 5.25 Å². The van der Waals surface area contributed by atoms with Crippen molar-refractivity contribution in [3.63, 3.8) is 0 Å². The highest BCUT2D eigenvalue weighted by Gasteiger charge is 2.19. The van der Waals surface area contributed by atoms with E-state index in [0.717, 1.165) is 11.8 Å². The van der Waals surface area contributed by atoms with Crippen LogP contribution in [0.1, 0.15) is 12.5 Å². The number of benzene rings is 2. The number of aromatic nitrogens is 2. The Hall–Kier alpha value is -3.51. The summed E-state index contributed by atoms with van der Waals surface area (Å²) in [5.74, 6) is 1.24. The van der Waals surface area contributed by atoms with Gasteiger partial charge in [-0.15, -0.1) is 10.2 Å². The summed E-state index contributed by atoms with van der Waals surface area (Å²) in [4.78, 5) is 12.4. The summed E-state index contributed by atoms with van der Waals surface area (Å²) in [6.07, 6.45) is 0. The third-order valence-electron chi connectivity index (χ3n) is 3.91. The van der Waals surface area contributed by atoms with Gasteiger partial charge in [-0.05, 0) is 37.3 Å². The standard InChI is InChI=1S/C20H18N4O4S/c1-12(18(25)22-15-6-4-5-13(7-15)11-21)29-20-24-23-19(28-20)14-8-16(26-2)10-17(9-14)27-3/h4-10,12H,1-3H3,(H,22,25)/t12-/m0/s1. The summed E-state index contributed by atoms with van der Waals surface area (Å²) in [6.45, 7) is 1.73. The van der Waals surface area contributed by atoms with Crippen LogP contribution in [0.5, 0.6) is 11.5 Å². The second kappa shape index (κ2) is 9.12. The smallest absolute Gasteiger partial charge is 0.277 e. The molecule has 0 radical (unpaired) electrons. The van der Waals surface area contributed by atoms with Crippen LogP contribution < -0.4 is 14.8 Å². The Labute approximate surface area is 171 Å². The van der Waals surface area contributed by atoms with Gasteiger partial charge in [-0.1, -0.05) is 17.8 Å². The first-order valence-corrected chi connectivity index (χ1v) is 9.45. The quantitative estimate of drug-likeness (QED) is 0.587. The van der Waals surface area contributed by atoms with Crippen molar-refractivity contribution in [2.24, 2.45) is 0 Å². The Morgan fingerprint density at radius 2 is 1.90 bits per heavy atom. The molecule has 0 saturated heterocycles. The van der Waals surface area contributed by atoms with Crippen LogP contribution in [0.15, 0.2) is 52.1 Å². The lowest BCUT2D eigenvalue weighted by molar-refractivity contribution is -0.115. The lowest BCUT2D eigenvalue weighted by atomic mass is 10.2. The van der Waals surface area contributed by atoms with E-state index in [4.69, 9.17) is 19.2 Å². The third kappa shape index (κ3) is 5.06. The summed E-state index contributed by atoms with van der Waals surface area (Å²) in [6, 6.07) is 14.0. The number of carbonyl (C=O) groups is 1. The normalized spacial score (nSPS) is 11.4. The number of rotatable bonds is 7. The second-order valence-corrected chi connectivity index (χ2v) is 7.21. The fourth-order valence-electron chi connectivity index (χ4n) is 2.42. The van der Waals surface area contributed by atoms with Crippen LogP contribution in [0, 0.1) is 11.3 Å². The van der Waals surface area contributed by atoms with Gasteiger partial charge in [-0.3, -0.25) is 4.79 Å². The van der Waals surface area contributed by atoms with Crippen LogP contribution in [-0.2, 0) is 4.79 Å². The van der Waals surface area contributed by atoms with E-state index in [-0.39, 0.29) is 11.1 Å². The highest BCUT2D eigenvalue weighted by Crippen LogP contribution is 2.31. The van der Waals surface area contributed by atoms with Gasteiger partial charge in [0.1, 0.15) is 11.5 Å². The van der Waals surface area contributed by atoms with E-state index >= 15 is 0 Å². The predicted molar refractivity (Wildman–Crippen MR) is 108 cm³/mol. The Morgan fingerprint density at radius 1 is 1.17 bits per heavy atom. The first-order chi connectivity index (χ1) is 14.0. The topological polar surface area (TPSA) is 110 Å². The number of hydrogen-bond acceptors (Lipinski definition) is 8.